The smallest absolute Gasteiger partial charge is 0.191 e. The number of hydrogen-bond donors (Lipinski definition) is 0. The summed E-state index contributed by atoms with van der Waals surface area (Å²) in [5.74, 6) is 0. The van der Waals surface area contributed by atoms with Gasteiger partial charge in [-0.25, -0.2) is 6.07 Å². The van der Waals surface area contributed by atoms with E-state index < -0.39 is 8.32 Å². The minimum atomic E-state index is -1.55. The van der Waals surface area contributed by atoms with Gasteiger partial charge in [0.2, 0.25) is 0 Å². The molecule has 0 spiro atoms. The zero-order valence-corrected chi connectivity index (χ0v) is 16.5. The fourth-order valence-corrected chi connectivity index (χ4v) is 3.18. The zero-order chi connectivity index (χ0) is 16.6. The monoisotopic (exact) mass is 323 g/mol. The van der Waals surface area contributed by atoms with Crippen molar-refractivity contribution in [2.75, 3.05) is 13.2 Å². The Balaban J connectivity index is 1.97. The van der Waals surface area contributed by atoms with Crippen molar-refractivity contribution in [2.45, 2.75) is 78.1 Å². The van der Waals surface area contributed by atoms with Crippen LogP contribution in [0, 0.1) is 6.92 Å². The van der Waals surface area contributed by atoms with Crippen LogP contribution in [0.1, 0.15) is 57.6 Å². The average Bonchev–Trinajstić information content (AvgIpc) is 2.81. The molecule has 0 heterocycles. The third kappa shape index (κ3) is 6.72. The molecular weight excluding hydrogens is 288 g/mol. The minimum absolute atomic E-state index is 0.319. The van der Waals surface area contributed by atoms with Gasteiger partial charge in [0, 0.05) is 19.8 Å². The van der Waals surface area contributed by atoms with Crippen LogP contribution < -0.4 is 0 Å². The van der Waals surface area contributed by atoms with Gasteiger partial charge >= 0.3 is 0 Å². The first-order valence-corrected chi connectivity index (χ1v) is 11.6. The van der Waals surface area contributed by atoms with Crippen LogP contribution in [0.25, 0.3) is 0 Å². The van der Waals surface area contributed by atoms with Gasteiger partial charge in [0.15, 0.2) is 8.32 Å². The molecule has 0 amide bonds. The zero-order valence-electron chi connectivity index (χ0n) is 15.5. The number of hydrogen-bond acceptors (Lipinski definition) is 2. The molecule has 0 aromatic heterocycles. The van der Waals surface area contributed by atoms with Crippen molar-refractivity contribution in [3.63, 3.8) is 0 Å². The van der Waals surface area contributed by atoms with E-state index in [1.807, 2.05) is 0 Å². The van der Waals surface area contributed by atoms with E-state index in [4.69, 9.17) is 9.16 Å². The van der Waals surface area contributed by atoms with Gasteiger partial charge in [-0.15, -0.1) is 5.56 Å². The second kappa shape index (κ2) is 8.95. The summed E-state index contributed by atoms with van der Waals surface area (Å²) >= 11 is 0. The normalized spacial score (nSPS) is 12.8. The SMILES string of the molecule is Cc1cc[cH-]c1COCCCCCCO[Si](C)(C)C(C)(C)C. The molecule has 0 N–H and O–H groups in total. The highest BCUT2D eigenvalue weighted by Gasteiger charge is 2.36. The van der Waals surface area contributed by atoms with E-state index in [0.29, 0.717) is 5.04 Å². The number of unbranched alkanes of at least 4 members (excludes halogenated alkanes) is 3. The van der Waals surface area contributed by atoms with Crippen LogP contribution in [0.3, 0.4) is 0 Å². The van der Waals surface area contributed by atoms with Crippen molar-refractivity contribution < 1.29 is 9.16 Å². The van der Waals surface area contributed by atoms with Crippen LogP contribution in [0.5, 0.6) is 0 Å². The van der Waals surface area contributed by atoms with E-state index in [1.165, 1.54) is 30.4 Å². The minimum Gasteiger partial charge on any atom is -0.417 e. The van der Waals surface area contributed by atoms with Crippen molar-refractivity contribution in [3.05, 3.63) is 29.3 Å². The highest BCUT2D eigenvalue weighted by Crippen LogP contribution is 2.36. The second-order valence-electron chi connectivity index (χ2n) is 7.81. The molecule has 0 bridgehead atoms. The Morgan fingerprint density at radius 2 is 1.68 bits per heavy atom. The molecule has 0 unspecified atom stereocenters. The van der Waals surface area contributed by atoms with Crippen molar-refractivity contribution in [3.8, 4) is 0 Å². The molecule has 0 saturated carbocycles. The molecule has 0 atom stereocenters. The molecule has 22 heavy (non-hydrogen) atoms. The van der Waals surface area contributed by atoms with Gasteiger partial charge in [0.1, 0.15) is 0 Å². The summed E-state index contributed by atoms with van der Waals surface area (Å²) in [5, 5.41) is 0.319. The lowest BCUT2D eigenvalue weighted by atomic mass is 10.2. The van der Waals surface area contributed by atoms with Crippen LogP contribution in [0.4, 0.5) is 0 Å². The van der Waals surface area contributed by atoms with E-state index in [1.54, 1.807) is 0 Å². The molecular formula is C19H35O2Si-. The van der Waals surface area contributed by atoms with Crippen LogP contribution in [0.2, 0.25) is 18.1 Å². The van der Waals surface area contributed by atoms with E-state index in [0.717, 1.165) is 26.2 Å². The molecule has 3 heteroatoms. The van der Waals surface area contributed by atoms with Crippen molar-refractivity contribution >= 4 is 8.32 Å². The Morgan fingerprint density at radius 1 is 1.05 bits per heavy atom. The Labute approximate surface area is 138 Å². The molecule has 128 valence electrons. The molecule has 0 aliphatic carbocycles. The predicted octanol–water partition coefficient (Wildman–Crippen LogP) is 5.81. The largest absolute Gasteiger partial charge is 0.417 e. The van der Waals surface area contributed by atoms with Gasteiger partial charge in [-0.2, -0.15) is 17.7 Å². The van der Waals surface area contributed by atoms with Gasteiger partial charge in [-0.05, 0) is 31.0 Å². The molecule has 0 saturated heterocycles. The van der Waals surface area contributed by atoms with E-state index in [9.17, 15) is 0 Å². The second-order valence-corrected chi connectivity index (χ2v) is 12.6. The summed E-state index contributed by atoms with van der Waals surface area (Å²) in [6, 6.07) is 6.38. The number of rotatable bonds is 10. The van der Waals surface area contributed by atoms with Gasteiger partial charge in [-0.1, -0.05) is 40.5 Å². The van der Waals surface area contributed by atoms with Crippen LogP contribution in [-0.4, -0.2) is 21.5 Å². The van der Waals surface area contributed by atoms with E-state index >= 15 is 0 Å². The Bertz CT molecular complexity index is 415. The third-order valence-electron chi connectivity index (χ3n) is 4.86. The standard InChI is InChI=1S/C19H35O2Si/c1-17-12-11-13-18(17)16-20-14-9-7-8-10-15-21-22(5,6)19(2,3)4/h11-13H,7-10,14-16H2,1-6H3/q-1. The predicted molar refractivity (Wildman–Crippen MR) is 98.0 cm³/mol. The fourth-order valence-electron chi connectivity index (χ4n) is 2.09. The van der Waals surface area contributed by atoms with Crippen molar-refractivity contribution in [1.29, 1.82) is 0 Å². The number of ether oxygens (including phenoxy) is 1. The lowest BCUT2D eigenvalue weighted by Gasteiger charge is -2.36. The molecule has 1 rings (SSSR count). The Kier molecular flexibility index (Phi) is 7.94. The van der Waals surface area contributed by atoms with Crippen molar-refractivity contribution in [1.82, 2.24) is 0 Å². The molecule has 0 aliphatic heterocycles. The average molecular weight is 324 g/mol. The molecule has 1 aromatic carbocycles. The van der Waals surface area contributed by atoms with Gasteiger partial charge in [-0.3, -0.25) is 0 Å². The maximum absolute atomic E-state index is 6.19. The molecule has 1 aromatic rings. The lowest BCUT2D eigenvalue weighted by Crippen LogP contribution is -2.40. The Hall–Kier alpha value is -0.513. The van der Waals surface area contributed by atoms with Crippen molar-refractivity contribution in [2.24, 2.45) is 0 Å². The lowest BCUT2D eigenvalue weighted by molar-refractivity contribution is 0.116. The fraction of sp³-hybridized carbons (Fsp3) is 0.737. The molecule has 0 aliphatic rings. The summed E-state index contributed by atoms with van der Waals surface area (Å²) < 4.78 is 11.9. The van der Waals surface area contributed by atoms with Crippen LogP contribution in [-0.2, 0) is 15.8 Å². The maximum atomic E-state index is 6.19. The van der Waals surface area contributed by atoms with Gasteiger partial charge in [0.25, 0.3) is 0 Å². The maximum Gasteiger partial charge on any atom is 0.191 e. The summed E-state index contributed by atoms with van der Waals surface area (Å²) in [7, 11) is -1.55. The summed E-state index contributed by atoms with van der Waals surface area (Å²) in [6.07, 6.45) is 4.81. The molecule has 2 nitrogen and oxygen atoms in total. The van der Waals surface area contributed by atoms with Gasteiger partial charge in [0.05, 0.1) is 0 Å². The first-order valence-electron chi connectivity index (χ1n) is 8.67. The summed E-state index contributed by atoms with van der Waals surface area (Å²) in [4.78, 5) is 0. The van der Waals surface area contributed by atoms with Crippen LogP contribution >= 0.6 is 0 Å². The van der Waals surface area contributed by atoms with Crippen LogP contribution in [0.15, 0.2) is 18.2 Å². The first kappa shape index (κ1) is 19.5. The molecule has 0 radical (unpaired) electrons. The summed E-state index contributed by atoms with van der Waals surface area (Å²) in [6.45, 7) is 16.2. The summed E-state index contributed by atoms with van der Waals surface area (Å²) in [5.41, 5.74) is 2.66. The highest BCUT2D eigenvalue weighted by atomic mass is 28.4. The topological polar surface area (TPSA) is 18.5 Å². The Morgan fingerprint density at radius 3 is 2.23 bits per heavy atom. The van der Waals surface area contributed by atoms with E-state index in [2.05, 4.69) is 59.0 Å². The van der Waals surface area contributed by atoms with E-state index in [-0.39, 0.29) is 0 Å². The highest BCUT2D eigenvalue weighted by molar-refractivity contribution is 6.74. The molecule has 0 fully saturated rings. The number of aryl methyl sites for hydroxylation is 1. The van der Waals surface area contributed by atoms with Gasteiger partial charge < -0.3 is 9.16 Å². The third-order valence-corrected chi connectivity index (χ3v) is 9.40. The quantitative estimate of drug-likeness (QED) is 0.307. The first-order chi connectivity index (χ1) is 10.2.